The van der Waals surface area contributed by atoms with E-state index < -0.39 is 0 Å². The van der Waals surface area contributed by atoms with Gasteiger partial charge in [-0.3, -0.25) is 0 Å². The summed E-state index contributed by atoms with van der Waals surface area (Å²) in [5.74, 6) is 0. The summed E-state index contributed by atoms with van der Waals surface area (Å²) in [6.45, 7) is 8.29. The minimum atomic E-state index is 0. The normalized spacial score (nSPS) is 10.4. The van der Waals surface area contributed by atoms with Crippen LogP contribution in [0.15, 0.2) is 0 Å². The van der Waals surface area contributed by atoms with Gasteiger partial charge in [-0.05, 0) is 11.8 Å². The topological polar surface area (TPSA) is 22.3 Å². The monoisotopic (exact) mass is 215 g/mol. The van der Waals surface area contributed by atoms with Crippen molar-refractivity contribution in [2.45, 2.75) is 40.5 Å². The molecule has 0 rings (SSSR count). The predicted molar refractivity (Wildman–Crippen MR) is 42.7 cm³/mol. The summed E-state index contributed by atoms with van der Waals surface area (Å²) >= 11 is 0. The van der Waals surface area contributed by atoms with Crippen molar-refractivity contribution in [2.75, 3.05) is 0 Å². The summed E-state index contributed by atoms with van der Waals surface area (Å²) in [7, 11) is 0. The van der Waals surface area contributed by atoms with Gasteiger partial charge < -0.3 is 5.41 Å². The molecule has 0 aliphatic heterocycles. The van der Waals surface area contributed by atoms with Gasteiger partial charge in [-0.1, -0.05) is 34.1 Å². The van der Waals surface area contributed by atoms with Crippen LogP contribution in [0.25, 0.3) is 5.41 Å². The molecule has 57 valence electrons. The molecule has 1 radical (unpaired) electrons. The van der Waals surface area contributed by atoms with Gasteiger partial charge in [0, 0.05) is 32.7 Å². The van der Waals surface area contributed by atoms with Crippen LogP contribution >= 0.6 is 0 Å². The van der Waals surface area contributed by atoms with Gasteiger partial charge in [0.05, 0.1) is 0 Å². The standard InChI is InChI=1S/C8H16N.Y/c1-7(9)5-6-8(2,3)4;/h5-6H2,1-4H3;/q-1;. The Morgan fingerprint density at radius 2 is 1.70 bits per heavy atom. The fraction of sp³-hybridized carbons (Fsp3) is 0.875. The van der Waals surface area contributed by atoms with Crippen LogP contribution in [0, 0.1) is 5.41 Å². The summed E-state index contributed by atoms with van der Waals surface area (Å²) < 4.78 is 0. The van der Waals surface area contributed by atoms with Crippen molar-refractivity contribution in [1.82, 2.24) is 0 Å². The van der Waals surface area contributed by atoms with E-state index in [0.717, 1.165) is 12.8 Å². The molecule has 0 heterocycles. The molecule has 0 aromatic carbocycles. The third-order valence-electron chi connectivity index (χ3n) is 1.24. The molecule has 0 amide bonds. The fourth-order valence-corrected chi connectivity index (χ4v) is 0.556. The molecule has 0 aromatic heterocycles. The zero-order valence-electron chi connectivity index (χ0n) is 7.44. The van der Waals surface area contributed by atoms with Crippen LogP contribution in [0.4, 0.5) is 0 Å². The number of rotatable bonds is 2. The van der Waals surface area contributed by atoms with Crippen molar-refractivity contribution in [3.63, 3.8) is 0 Å². The molecule has 0 spiro atoms. The molecule has 10 heavy (non-hydrogen) atoms. The average molecular weight is 215 g/mol. The Bertz CT molecular complexity index is 102. The molecule has 0 unspecified atom stereocenters. The van der Waals surface area contributed by atoms with Crippen LogP contribution in [0.2, 0.25) is 0 Å². The van der Waals surface area contributed by atoms with E-state index >= 15 is 0 Å². The van der Waals surface area contributed by atoms with Crippen LogP contribution in [-0.4, -0.2) is 5.71 Å². The van der Waals surface area contributed by atoms with Gasteiger partial charge in [-0.25, -0.2) is 5.71 Å². The fourth-order valence-electron chi connectivity index (χ4n) is 0.556. The minimum Gasteiger partial charge on any atom is -0.811 e. The van der Waals surface area contributed by atoms with Gasteiger partial charge >= 0.3 is 0 Å². The van der Waals surface area contributed by atoms with Crippen molar-refractivity contribution >= 4 is 5.71 Å². The zero-order valence-corrected chi connectivity index (χ0v) is 10.3. The van der Waals surface area contributed by atoms with E-state index in [4.69, 9.17) is 5.41 Å². The molecule has 2 heteroatoms. The number of hydrogen-bond acceptors (Lipinski definition) is 0. The van der Waals surface area contributed by atoms with E-state index in [0.29, 0.717) is 11.1 Å². The minimum absolute atomic E-state index is 0. The number of hydrogen-bond donors (Lipinski definition) is 0. The van der Waals surface area contributed by atoms with E-state index in [2.05, 4.69) is 20.8 Å². The Labute approximate surface area is 89.4 Å². The van der Waals surface area contributed by atoms with Gasteiger partial charge in [-0.2, -0.15) is 0 Å². The van der Waals surface area contributed by atoms with Crippen molar-refractivity contribution in [2.24, 2.45) is 5.41 Å². The first kappa shape index (κ1) is 13.4. The maximum absolute atomic E-state index is 8.83. The third-order valence-corrected chi connectivity index (χ3v) is 1.24. The molecular formula is C8H16NY-. The van der Waals surface area contributed by atoms with Crippen LogP contribution in [0.3, 0.4) is 0 Å². The molecule has 0 bridgehead atoms. The Morgan fingerprint density at radius 3 is 1.80 bits per heavy atom. The zero-order chi connectivity index (χ0) is 7.49. The third kappa shape index (κ3) is 11.6. The first-order valence-corrected chi connectivity index (χ1v) is 3.43. The van der Waals surface area contributed by atoms with Crippen LogP contribution in [0.1, 0.15) is 40.5 Å². The summed E-state index contributed by atoms with van der Waals surface area (Å²) in [5.41, 5.74) is 0.897. The van der Waals surface area contributed by atoms with Gasteiger partial charge in [0.15, 0.2) is 0 Å². The summed E-state index contributed by atoms with van der Waals surface area (Å²) in [4.78, 5) is 0. The molecular weight excluding hydrogens is 199 g/mol. The van der Waals surface area contributed by atoms with E-state index in [1.807, 2.05) is 0 Å². The Balaban J connectivity index is 0. The van der Waals surface area contributed by atoms with Gasteiger partial charge in [0.25, 0.3) is 0 Å². The summed E-state index contributed by atoms with van der Waals surface area (Å²) in [6, 6.07) is 0. The molecule has 0 aliphatic rings. The molecule has 0 saturated heterocycles. The molecule has 0 fully saturated rings. The van der Waals surface area contributed by atoms with E-state index in [-0.39, 0.29) is 32.7 Å². The van der Waals surface area contributed by atoms with Crippen LogP contribution < -0.4 is 0 Å². The van der Waals surface area contributed by atoms with Crippen LogP contribution in [0.5, 0.6) is 0 Å². The van der Waals surface area contributed by atoms with Crippen LogP contribution in [-0.2, 0) is 32.7 Å². The molecule has 0 aromatic rings. The van der Waals surface area contributed by atoms with Crippen molar-refractivity contribution in [3.05, 3.63) is 5.41 Å². The molecule has 0 N–H and O–H groups in total. The summed E-state index contributed by atoms with van der Waals surface area (Å²) in [6.07, 6.45) is 1.90. The van der Waals surface area contributed by atoms with Gasteiger partial charge in [-0.15, -0.1) is 0 Å². The smallest absolute Gasteiger partial charge is 0 e. The Kier molecular flexibility index (Phi) is 7.26. The van der Waals surface area contributed by atoms with Crippen molar-refractivity contribution in [3.8, 4) is 0 Å². The van der Waals surface area contributed by atoms with E-state index in [1.54, 1.807) is 6.92 Å². The predicted octanol–water partition coefficient (Wildman–Crippen LogP) is 2.84. The molecule has 1 nitrogen and oxygen atoms in total. The first-order chi connectivity index (χ1) is 3.92. The molecule has 0 saturated carbocycles. The maximum Gasteiger partial charge on any atom is 0 e. The number of nitrogens with zero attached hydrogens (tertiary/aromatic N) is 1. The Hall–Kier alpha value is 0.774. The van der Waals surface area contributed by atoms with Gasteiger partial charge in [0.1, 0.15) is 0 Å². The molecule has 0 aliphatic carbocycles. The van der Waals surface area contributed by atoms with Crippen molar-refractivity contribution < 1.29 is 32.7 Å². The largest absolute Gasteiger partial charge is 0.811 e. The van der Waals surface area contributed by atoms with E-state index in [1.165, 1.54) is 0 Å². The quantitative estimate of drug-likeness (QED) is 0.632. The second-order valence-corrected chi connectivity index (χ2v) is 3.80. The van der Waals surface area contributed by atoms with Gasteiger partial charge in [0.2, 0.25) is 0 Å². The Morgan fingerprint density at radius 1 is 1.30 bits per heavy atom. The average Bonchev–Trinajstić information content (AvgIpc) is 1.59. The van der Waals surface area contributed by atoms with E-state index in [9.17, 15) is 0 Å². The molecule has 0 atom stereocenters. The second-order valence-electron chi connectivity index (χ2n) is 3.80. The second kappa shape index (κ2) is 5.43. The summed E-state index contributed by atoms with van der Waals surface area (Å²) in [5, 5.41) is 8.83. The SMILES string of the molecule is CC(=[N-])CCC(C)(C)C.[Y]. The maximum atomic E-state index is 8.83. The first-order valence-electron chi connectivity index (χ1n) is 3.43. The van der Waals surface area contributed by atoms with Crippen molar-refractivity contribution in [1.29, 1.82) is 0 Å².